The molecule has 0 unspecified atom stereocenters. The van der Waals surface area contributed by atoms with E-state index in [1.165, 1.54) is 5.56 Å². The Labute approximate surface area is 105 Å². The minimum Gasteiger partial charge on any atom is -0.368 e. The molecule has 0 fully saturated rings. The van der Waals surface area contributed by atoms with Crippen LogP contribution in [-0.2, 0) is 0 Å². The van der Waals surface area contributed by atoms with E-state index in [0.717, 1.165) is 16.3 Å². The predicted octanol–water partition coefficient (Wildman–Crippen LogP) is 2.88. The fourth-order valence-corrected chi connectivity index (χ4v) is 2.02. The molecule has 1 aromatic carbocycles. The minimum absolute atomic E-state index is 0.258. The van der Waals surface area contributed by atoms with Gasteiger partial charge in [-0.05, 0) is 29.7 Å². The molecule has 90 valence electrons. The number of anilines is 1. The van der Waals surface area contributed by atoms with Crippen LogP contribution in [0.15, 0.2) is 30.5 Å². The zero-order valence-electron chi connectivity index (χ0n) is 10.4. The molecular formula is C14H14N4. The highest BCUT2D eigenvalue weighted by Crippen LogP contribution is 2.23. The van der Waals surface area contributed by atoms with Gasteiger partial charge in [-0.1, -0.05) is 19.9 Å². The molecule has 0 aliphatic rings. The second kappa shape index (κ2) is 3.91. The lowest BCUT2D eigenvalue weighted by atomic mass is 10.0. The SMILES string of the molecule is CC(C)c1ccc2nc3nc(N)ncc3cc2c1. The van der Waals surface area contributed by atoms with Gasteiger partial charge in [-0.3, -0.25) is 0 Å². The van der Waals surface area contributed by atoms with E-state index in [9.17, 15) is 0 Å². The van der Waals surface area contributed by atoms with Crippen molar-refractivity contribution in [2.75, 3.05) is 5.73 Å². The Hall–Kier alpha value is -2.23. The molecule has 4 heteroatoms. The number of fused-ring (bicyclic) bond motifs is 2. The largest absolute Gasteiger partial charge is 0.368 e. The second-order valence-electron chi connectivity index (χ2n) is 4.74. The number of aromatic nitrogens is 3. The molecule has 2 N–H and O–H groups in total. The first-order valence-corrected chi connectivity index (χ1v) is 5.96. The molecule has 0 bridgehead atoms. The zero-order valence-corrected chi connectivity index (χ0v) is 10.4. The third-order valence-electron chi connectivity index (χ3n) is 3.07. The summed E-state index contributed by atoms with van der Waals surface area (Å²) in [5.41, 5.74) is 8.46. The van der Waals surface area contributed by atoms with Gasteiger partial charge in [0.2, 0.25) is 5.95 Å². The molecule has 0 amide bonds. The van der Waals surface area contributed by atoms with Gasteiger partial charge in [0.1, 0.15) is 0 Å². The van der Waals surface area contributed by atoms with Crippen LogP contribution in [-0.4, -0.2) is 15.0 Å². The topological polar surface area (TPSA) is 64.7 Å². The standard InChI is InChI=1S/C14H14N4/c1-8(2)9-3-4-12-10(5-9)6-11-7-16-14(15)18-13(11)17-12/h3-8H,1-2H3,(H2,15,16,17,18). The lowest BCUT2D eigenvalue weighted by Gasteiger charge is -2.07. The molecular weight excluding hydrogens is 224 g/mol. The molecule has 0 aliphatic carbocycles. The Balaban J connectivity index is 2.31. The Morgan fingerprint density at radius 3 is 2.67 bits per heavy atom. The van der Waals surface area contributed by atoms with Crippen molar-refractivity contribution >= 4 is 27.9 Å². The summed E-state index contributed by atoms with van der Waals surface area (Å²) < 4.78 is 0. The molecule has 4 nitrogen and oxygen atoms in total. The van der Waals surface area contributed by atoms with Crippen LogP contribution in [0.5, 0.6) is 0 Å². The van der Waals surface area contributed by atoms with Gasteiger partial charge < -0.3 is 5.73 Å². The molecule has 0 radical (unpaired) electrons. The number of hydrogen-bond acceptors (Lipinski definition) is 4. The van der Waals surface area contributed by atoms with Crippen molar-refractivity contribution in [3.8, 4) is 0 Å². The third-order valence-corrected chi connectivity index (χ3v) is 3.07. The summed E-state index contributed by atoms with van der Waals surface area (Å²) >= 11 is 0. The number of nitrogen functional groups attached to an aromatic ring is 1. The van der Waals surface area contributed by atoms with Crippen molar-refractivity contribution in [3.05, 3.63) is 36.0 Å². The number of benzene rings is 1. The fourth-order valence-electron chi connectivity index (χ4n) is 2.02. The first-order chi connectivity index (χ1) is 8.63. The molecule has 3 rings (SSSR count). The van der Waals surface area contributed by atoms with Crippen molar-refractivity contribution in [2.24, 2.45) is 0 Å². The first kappa shape index (κ1) is 10.9. The van der Waals surface area contributed by atoms with Crippen molar-refractivity contribution in [1.82, 2.24) is 15.0 Å². The van der Waals surface area contributed by atoms with Crippen LogP contribution < -0.4 is 5.73 Å². The lowest BCUT2D eigenvalue weighted by molar-refractivity contribution is 0.868. The molecule has 0 aliphatic heterocycles. The van der Waals surface area contributed by atoms with E-state index in [4.69, 9.17) is 5.73 Å². The van der Waals surface area contributed by atoms with Gasteiger partial charge in [-0.25, -0.2) is 9.97 Å². The lowest BCUT2D eigenvalue weighted by Crippen LogP contribution is -1.96. The van der Waals surface area contributed by atoms with Crippen LogP contribution in [0.4, 0.5) is 5.95 Å². The van der Waals surface area contributed by atoms with E-state index >= 15 is 0 Å². The summed E-state index contributed by atoms with van der Waals surface area (Å²) in [5.74, 6) is 0.765. The van der Waals surface area contributed by atoms with E-state index in [0.29, 0.717) is 11.6 Å². The molecule has 3 aromatic rings. The van der Waals surface area contributed by atoms with Gasteiger partial charge >= 0.3 is 0 Å². The Morgan fingerprint density at radius 1 is 1.06 bits per heavy atom. The van der Waals surface area contributed by atoms with Crippen LogP contribution in [0.25, 0.3) is 21.9 Å². The van der Waals surface area contributed by atoms with Crippen LogP contribution in [0.3, 0.4) is 0 Å². The molecule has 2 heterocycles. The summed E-state index contributed by atoms with van der Waals surface area (Å²) in [6.45, 7) is 4.36. The second-order valence-corrected chi connectivity index (χ2v) is 4.74. The number of hydrogen-bond donors (Lipinski definition) is 1. The molecule has 0 atom stereocenters. The van der Waals surface area contributed by atoms with Gasteiger partial charge in [0, 0.05) is 17.0 Å². The first-order valence-electron chi connectivity index (χ1n) is 5.96. The number of nitrogens with zero attached hydrogens (tertiary/aromatic N) is 3. The van der Waals surface area contributed by atoms with Gasteiger partial charge in [0.25, 0.3) is 0 Å². The molecule has 0 saturated carbocycles. The summed E-state index contributed by atoms with van der Waals surface area (Å²) in [6, 6.07) is 8.37. The summed E-state index contributed by atoms with van der Waals surface area (Å²) in [7, 11) is 0. The monoisotopic (exact) mass is 238 g/mol. The Kier molecular flexibility index (Phi) is 2.37. The van der Waals surface area contributed by atoms with Gasteiger partial charge in [-0.2, -0.15) is 4.98 Å². The Bertz CT molecular complexity index is 734. The quantitative estimate of drug-likeness (QED) is 0.662. The summed E-state index contributed by atoms with van der Waals surface area (Å²) in [6.07, 6.45) is 1.71. The van der Waals surface area contributed by atoms with Crippen molar-refractivity contribution in [3.63, 3.8) is 0 Å². The van der Waals surface area contributed by atoms with Crippen LogP contribution in [0.2, 0.25) is 0 Å². The predicted molar refractivity (Wildman–Crippen MR) is 73.3 cm³/mol. The van der Waals surface area contributed by atoms with E-state index in [1.807, 2.05) is 6.07 Å². The summed E-state index contributed by atoms with van der Waals surface area (Å²) in [4.78, 5) is 12.6. The smallest absolute Gasteiger partial charge is 0.222 e. The van der Waals surface area contributed by atoms with Crippen LogP contribution in [0.1, 0.15) is 25.3 Å². The highest BCUT2D eigenvalue weighted by atomic mass is 15.0. The van der Waals surface area contributed by atoms with Crippen molar-refractivity contribution in [2.45, 2.75) is 19.8 Å². The van der Waals surface area contributed by atoms with E-state index < -0.39 is 0 Å². The maximum absolute atomic E-state index is 5.57. The Morgan fingerprint density at radius 2 is 1.89 bits per heavy atom. The van der Waals surface area contributed by atoms with Gasteiger partial charge in [0.15, 0.2) is 5.65 Å². The highest BCUT2D eigenvalue weighted by molar-refractivity contribution is 5.91. The minimum atomic E-state index is 0.258. The fraction of sp³-hybridized carbons (Fsp3) is 0.214. The third kappa shape index (κ3) is 1.76. The number of nitrogens with two attached hydrogens (primary N) is 1. The number of rotatable bonds is 1. The average Bonchev–Trinajstić information content (AvgIpc) is 2.35. The molecule has 0 spiro atoms. The van der Waals surface area contributed by atoms with Gasteiger partial charge in [0.05, 0.1) is 5.52 Å². The average molecular weight is 238 g/mol. The van der Waals surface area contributed by atoms with E-state index in [2.05, 4.69) is 47.0 Å². The van der Waals surface area contributed by atoms with Crippen LogP contribution in [0, 0.1) is 0 Å². The maximum Gasteiger partial charge on any atom is 0.222 e. The molecule has 0 saturated heterocycles. The van der Waals surface area contributed by atoms with Crippen molar-refractivity contribution < 1.29 is 0 Å². The van der Waals surface area contributed by atoms with E-state index in [-0.39, 0.29) is 5.95 Å². The van der Waals surface area contributed by atoms with Crippen LogP contribution >= 0.6 is 0 Å². The van der Waals surface area contributed by atoms with Crippen molar-refractivity contribution in [1.29, 1.82) is 0 Å². The highest BCUT2D eigenvalue weighted by Gasteiger charge is 2.05. The summed E-state index contributed by atoms with van der Waals surface area (Å²) in [5, 5.41) is 2.03. The van der Waals surface area contributed by atoms with E-state index in [1.54, 1.807) is 6.20 Å². The van der Waals surface area contributed by atoms with Gasteiger partial charge in [-0.15, -0.1) is 0 Å². The number of pyridine rings is 1. The molecule has 2 aromatic heterocycles. The molecule has 18 heavy (non-hydrogen) atoms. The zero-order chi connectivity index (χ0) is 12.7. The normalized spacial score (nSPS) is 11.5. The maximum atomic E-state index is 5.57.